The van der Waals surface area contributed by atoms with Gasteiger partial charge in [-0.1, -0.05) is 30.3 Å². The van der Waals surface area contributed by atoms with Crippen molar-refractivity contribution < 1.29 is 32.4 Å². The Labute approximate surface area is 247 Å². The van der Waals surface area contributed by atoms with Gasteiger partial charge < -0.3 is 19.7 Å². The summed E-state index contributed by atoms with van der Waals surface area (Å²) in [7, 11) is 0. The van der Waals surface area contributed by atoms with Gasteiger partial charge in [0.05, 0.1) is 11.0 Å². The van der Waals surface area contributed by atoms with Gasteiger partial charge in [0, 0.05) is 30.9 Å². The van der Waals surface area contributed by atoms with Crippen molar-refractivity contribution in [2.75, 3.05) is 25.0 Å². The number of halogens is 3. The van der Waals surface area contributed by atoms with Gasteiger partial charge in [0.1, 0.15) is 23.7 Å². The number of nitrogens with one attached hydrogen (secondary N) is 1. The van der Waals surface area contributed by atoms with E-state index >= 15 is 0 Å². The van der Waals surface area contributed by atoms with E-state index in [4.69, 9.17) is 9.47 Å². The largest absolute Gasteiger partial charge is 0.457 e. The Morgan fingerprint density at radius 1 is 0.907 bits per heavy atom. The van der Waals surface area contributed by atoms with Crippen LogP contribution in [0.15, 0.2) is 72.8 Å². The maximum atomic E-state index is 13.3. The quantitative estimate of drug-likeness (QED) is 0.202. The first-order valence-electron chi connectivity index (χ1n) is 14.5. The lowest BCUT2D eigenvalue weighted by atomic mass is 9.89. The molecule has 1 N–H and O–H groups in total. The number of alkyl halides is 3. The van der Waals surface area contributed by atoms with E-state index in [0.717, 1.165) is 36.5 Å². The molecule has 0 aromatic heterocycles. The Balaban J connectivity index is 1.02. The van der Waals surface area contributed by atoms with Crippen molar-refractivity contribution in [1.29, 1.82) is 0 Å². The first kappa shape index (κ1) is 30.3. The Kier molecular flexibility index (Phi) is 9.49. The maximum absolute atomic E-state index is 13.3. The number of para-hydroxylation sites is 1. The second kappa shape index (κ2) is 13.5. The Morgan fingerprint density at radius 2 is 1.56 bits per heavy atom. The van der Waals surface area contributed by atoms with Crippen LogP contribution in [0.25, 0.3) is 0 Å². The Morgan fingerprint density at radius 3 is 2.19 bits per heavy atom. The van der Waals surface area contributed by atoms with Crippen LogP contribution >= 0.6 is 0 Å². The fourth-order valence-electron chi connectivity index (χ4n) is 5.80. The minimum absolute atomic E-state index is 0.0102. The van der Waals surface area contributed by atoms with Gasteiger partial charge in [-0.2, -0.15) is 13.2 Å². The van der Waals surface area contributed by atoms with Gasteiger partial charge in [0.2, 0.25) is 5.91 Å². The molecule has 1 saturated heterocycles. The number of benzene rings is 3. The third kappa shape index (κ3) is 8.04. The van der Waals surface area contributed by atoms with Gasteiger partial charge in [0.15, 0.2) is 0 Å². The minimum Gasteiger partial charge on any atom is -0.457 e. The molecule has 0 spiro atoms. The molecule has 1 saturated carbocycles. The number of anilines is 1. The van der Waals surface area contributed by atoms with Crippen LogP contribution in [-0.4, -0.2) is 47.6 Å². The first-order chi connectivity index (χ1) is 20.7. The Bertz CT molecular complexity index is 1390. The monoisotopic (exact) mass is 597 g/mol. The zero-order valence-corrected chi connectivity index (χ0v) is 23.6. The van der Waals surface area contributed by atoms with Crippen molar-refractivity contribution in [2.45, 2.75) is 62.8 Å². The number of amides is 1. The lowest BCUT2D eigenvalue weighted by molar-refractivity contribution is -0.388. The van der Waals surface area contributed by atoms with E-state index in [2.05, 4.69) is 17.4 Å². The van der Waals surface area contributed by atoms with Crippen LogP contribution in [0.2, 0.25) is 0 Å². The van der Waals surface area contributed by atoms with Crippen molar-refractivity contribution in [1.82, 2.24) is 4.90 Å². The Hall–Kier alpha value is -4.12. The molecule has 1 aliphatic heterocycles. The summed E-state index contributed by atoms with van der Waals surface area (Å²) in [6.45, 7) is 1.35. The van der Waals surface area contributed by atoms with Crippen LogP contribution in [0.1, 0.15) is 55.6 Å². The number of rotatable bonds is 9. The summed E-state index contributed by atoms with van der Waals surface area (Å²) >= 11 is 0. The molecular formula is C32H34F3N3O5. The number of hydrogen-bond acceptors (Lipinski definition) is 6. The van der Waals surface area contributed by atoms with E-state index in [-0.39, 0.29) is 30.3 Å². The fourth-order valence-corrected chi connectivity index (χ4v) is 5.80. The minimum atomic E-state index is -4.82. The second-order valence-corrected chi connectivity index (χ2v) is 11.1. The van der Waals surface area contributed by atoms with Crippen LogP contribution in [0, 0.1) is 10.1 Å². The summed E-state index contributed by atoms with van der Waals surface area (Å²) in [5, 5.41) is 14.1. The van der Waals surface area contributed by atoms with Gasteiger partial charge in [0.25, 0.3) is 5.69 Å². The number of carbonyl (C=O) groups excluding carboxylic acids is 1. The second-order valence-electron chi connectivity index (χ2n) is 11.1. The third-order valence-corrected chi connectivity index (χ3v) is 8.16. The van der Waals surface area contributed by atoms with Crippen molar-refractivity contribution in [3.8, 4) is 11.5 Å². The maximum Gasteiger partial charge on any atom is 0.423 e. The lowest BCUT2D eigenvalue weighted by Gasteiger charge is -2.33. The van der Waals surface area contributed by atoms with Gasteiger partial charge in [-0.15, -0.1) is 0 Å². The normalized spacial score (nSPS) is 19.6. The van der Waals surface area contributed by atoms with Gasteiger partial charge in [-0.3, -0.25) is 14.9 Å². The number of nitrogens with zero attached hydrogens (tertiary/aromatic N) is 2. The highest BCUT2D eigenvalue weighted by Gasteiger charge is 2.38. The lowest BCUT2D eigenvalue weighted by Crippen LogP contribution is -2.41. The smallest absolute Gasteiger partial charge is 0.423 e. The molecule has 0 radical (unpaired) electrons. The predicted molar refractivity (Wildman–Crippen MR) is 155 cm³/mol. The SMILES string of the molecule is O=C(CO[C@H]1CC[C@H](Nc2ccc([N+](=O)[O-])c(C(F)(F)F)c2)CC1)N1CCC(c2ccc(Oc3ccccc3)cc2)CC1. The molecule has 2 fully saturated rings. The molecule has 1 amide bonds. The first-order valence-corrected chi connectivity index (χ1v) is 14.5. The van der Waals surface area contributed by atoms with Crippen LogP contribution in [-0.2, 0) is 15.7 Å². The molecule has 11 heteroatoms. The highest BCUT2D eigenvalue weighted by Crippen LogP contribution is 2.38. The summed E-state index contributed by atoms with van der Waals surface area (Å²) in [6.07, 6.45) is -0.544. The molecule has 2 aliphatic rings. The molecule has 5 rings (SSSR count). The number of nitro groups is 1. The standard InChI is InChI=1S/C32H34F3N3O5/c33-32(34,35)29-20-25(10-15-30(29)38(40)41)36-24-8-13-26(14-9-24)42-21-31(39)37-18-16-23(17-19-37)22-6-11-28(12-7-22)43-27-4-2-1-3-5-27/h1-7,10-12,15,20,23-24,26,36H,8-9,13-14,16-19,21H2/t24-,26-. The third-order valence-electron chi connectivity index (χ3n) is 8.16. The van der Waals surface area contributed by atoms with E-state index in [0.29, 0.717) is 44.7 Å². The van der Waals surface area contributed by atoms with E-state index in [1.807, 2.05) is 47.4 Å². The molecule has 3 aromatic rings. The van der Waals surface area contributed by atoms with E-state index in [1.54, 1.807) is 0 Å². The highest BCUT2D eigenvalue weighted by molar-refractivity contribution is 5.77. The molecule has 43 heavy (non-hydrogen) atoms. The summed E-state index contributed by atoms with van der Waals surface area (Å²) < 4.78 is 51.7. The summed E-state index contributed by atoms with van der Waals surface area (Å²) in [5.41, 5.74) is -0.810. The van der Waals surface area contributed by atoms with Crippen LogP contribution in [0.4, 0.5) is 24.5 Å². The van der Waals surface area contributed by atoms with E-state index < -0.39 is 22.4 Å². The van der Waals surface area contributed by atoms with Crippen molar-refractivity contribution in [3.05, 3.63) is 94.0 Å². The summed E-state index contributed by atoms with van der Waals surface area (Å²) in [6, 6.07) is 20.6. The van der Waals surface area contributed by atoms with Crippen molar-refractivity contribution in [3.63, 3.8) is 0 Å². The van der Waals surface area contributed by atoms with Gasteiger partial charge in [-0.25, -0.2) is 0 Å². The summed E-state index contributed by atoms with van der Waals surface area (Å²) in [5.74, 6) is 1.92. The average Bonchev–Trinajstić information content (AvgIpc) is 3.01. The molecule has 1 aliphatic carbocycles. The number of likely N-dealkylation sites (tertiary alicyclic amines) is 1. The van der Waals surface area contributed by atoms with Crippen LogP contribution in [0.3, 0.4) is 0 Å². The zero-order chi connectivity index (χ0) is 30.4. The van der Waals surface area contributed by atoms with Gasteiger partial charge in [-0.05, 0) is 86.4 Å². The predicted octanol–water partition coefficient (Wildman–Crippen LogP) is 7.55. The van der Waals surface area contributed by atoms with E-state index in [1.165, 1.54) is 11.6 Å². The van der Waals surface area contributed by atoms with Crippen LogP contribution in [0.5, 0.6) is 11.5 Å². The van der Waals surface area contributed by atoms with Crippen molar-refractivity contribution >= 4 is 17.3 Å². The number of piperidine rings is 1. The molecule has 1 heterocycles. The highest BCUT2D eigenvalue weighted by atomic mass is 19.4. The molecule has 8 nitrogen and oxygen atoms in total. The number of carbonyl (C=O) groups is 1. The number of nitro benzene ring substituents is 1. The van der Waals surface area contributed by atoms with Gasteiger partial charge >= 0.3 is 6.18 Å². The average molecular weight is 598 g/mol. The molecule has 0 bridgehead atoms. The molecule has 0 unspecified atom stereocenters. The molecule has 3 aromatic carbocycles. The van der Waals surface area contributed by atoms with Crippen LogP contribution < -0.4 is 10.1 Å². The number of hydrogen-bond donors (Lipinski definition) is 1. The van der Waals surface area contributed by atoms with E-state index in [9.17, 15) is 28.1 Å². The molecular weight excluding hydrogens is 563 g/mol. The molecule has 228 valence electrons. The number of ether oxygens (including phenoxy) is 2. The fraction of sp³-hybridized carbons (Fsp3) is 0.406. The van der Waals surface area contributed by atoms with Crippen molar-refractivity contribution in [2.24, 2.45) is 0 Å². The molecule has 0 atom stereocenters. The zero-order valence-electron chi connectivity index (χ0n) is 23.6. The summed E-state index contributed by atoms with van der Waals surface area (Å²) in [4.78, 5) is 24.6. The topological polar surface area (TPSA) is 93.9 Å².